The second-order valence-corrected chi connectivity index (χ2v) is 7.95. The Balaban J connectivity index is 1.60. The molecule has 29 heavy (non-hydrogen) atoms. The quantitative estimate of drug-likeness (QED) is 0.676. The second-order valence-electron chi connectivity index (χ2n) is 7.52. The third-order valence-electron chi connectivity index (χ3n) is 5.18. The Morgan fingerprint density at radius 2 is 1.76 bits per heavy atom. The summed E-state index contributed by atoms with van der Waals surface area (Å²) in [6.07, 6.45) is -1.26. The highest BCUT2D eigenvalue weighted by Crippen LogP contribution is 2.29. The number of aryl methyl sites for hydroxylation is 1. The Kier molecular flexibility index (Phi) is 6.27. The zero-order valence-electron chi connectivity index (χ0n) is 16.7. The van der Waals surface area contributed by atoms with Crippen LogP contribution in [0.25, 0.3) is 0 Å². The lowest BCUT2D eigenvalue weighted by atomic mass is 9.91. The van der Waals surface area contributed by atoms with Crippen LogP contribution in [0.3, 0.4) is 0 Å². The van der Waals surface area contributed by atoms with Crippen LogP contribution in [-0.2, 0) is 15.1 Å². The van der Waals surface area contributed by atoms with Crippen LogP contribution in [0.15, 0.2) is 48.5 Å². The Hall–Kier alpha value is -2.41. The van der Waals surface area contributed by atoms with E-state index in [0.717, 1.165) is 16.0 Å². The van der Waals surface area contributed by atoms with Gasteiger partial charge in [0.1, 0.15) is 5.54 Å². The fourth-order valence-corrected chi connectivity index (χ4v) is 3.42. The monoisotopic (exact) mass is 416 g/mol. The number of hydrogen-bond donors (Lipinski definition) is 2. The van der Waals surface area contributed by atoms with Crippen molar-refractivity contribution in [1.82, 2.24) is 10.2 Å². The average Bonchev–Trinajstić information content (AvgIpc) is 2.91. The normalized spacial score (nSPS) is 21.2. The third kappa shape index (κ3) is 4.61. The lowest BCUT2D eigenvalue weighted by molar-refractivity contribution is -0.132. The van der Waals surface area contributed by atoms with Crippen molar-refractivity contribution >= 4 is 23.5 Å². The third-order valence-corrected chi connectivity index (χ3v) is 5.43. The van der Waals surface area contributed by atoms with Crippen LogP contribution in [0.5, 0.6) is 0 Å². The average molecular weight is 417 g/mol. The van der Waals surface area contributed by atoms with E-state index in [0.29, 0.717) is 10.6 Å². The first-order valence-electron chi connectivity index (χ1n) is 9.47. The van der Waals surface area contributed by atoms with Gasteiger partial charge in [0.15, 0.2) is 0 Å². The molecular weight excluding hydrogens is 392 g/mol. The Bertz CT molecular complexity index is 885. The molecule has 0 radical (unpaired) electrons. The SMILES string of the molecule is Cc1ccc([C@@]2(C)NC(=O)N(C[C@@H](O)CO[C@@H](C)c3ccc(Cl)cc3)C2=O)cc1. The van der Waals surface area contributed by atoms with Crippen LogP contribution in [0, 0.1) is 6.92 Å². The van der Waals surface area contributed by atoms with E-state index in [9.17, 15) is 14.7 Å². The summed E-state index contributed by atoms with van der Waals surface area (Å²) < 4.78 is 5.70. The maximum atomic E-state index is 12.9. The summed E-state index contributed by atoms with van der Waals surface area (Å²) in [5, 5.41) is 13.7. The Labute approximate surface area is 175 Å². The molecule has 2 N–H and O–H groups in total. The van der Waals surface area contributed by atoms with E-state index in [1.807, 2.05) is 50.2 Å². The van der Waals surface area contributed by atoms with E-state index in [2.05, 4.69) is 5.32 Å². The van der Waals surface area contributed by atoms with Crippen molar-refractivity contribution in [2.45, 2.75) is 38.5 Å². The molecule has 0 unspecified atom stereocenters. The van der Waals surface area contributed by atoms with Gasteiger partial charge in [0.2, 0.25) is 0 Å². The molecule has 0 spiro atoms. The summed E-state index contributed by atoms with van der Waals surface area (Å²) in [7, 11) is 0. The number of β-amino-alcohol motifs (C(OH)–C–C–N with tert-alkyl or cyclic N) is 1. The number of carbonyl (C=O) groups excluding carboxylic acids is 2. The topological polar surface area (TPSA) is 78.9 Å². The van der Waals surface area contributed by atoms with Gasteiger partial charge in [-0.15, -0.1) is 0 Å². The zero-order chi connectivity index (χ0) is 21.2. The van der Waals surface area contributed by atoms with E-state index in [4.69, 9.17) is 16.3 Å². The highest BCUT2D eigenvalue weighted by Gasteiger charge is 2.49. The molecule has 0 aliphatic carbocycles. The number of hydrogen-bond acceptors (Lipinski definition) is 4. The molecule has 0 saturated carbocycles. The first-order valence-corrected chi connectivity index (χ1v) is 9.85. The molecule has 1 aliphatic rings. The number of amides is 3. The van der Waals surface area contributed by atoms with E-state index < -0.39 is 23.6 Å². The van der Waals surface area contributed by atoms with Gasteiger partial charge in [-0.3, -0.25) is 9.69 Å². The number of nitrogens with zero attached hydrogens (tertiary/aromatic N) is 1. The summed E-state index contributed by atoms with van der Waals surface area (Å²) >= 11 is 5.89. The first-order chi connectivity index (χ1) is 13.7. The van der Waals surface area contributed by atoms with E-state index >= 15 is 0 Å². The fraction of sp³-hybridized carbons (Fsp3) is 0.364. The lowest BCUT2D eigenvalue weighted by Crippen LogP contribution is -2.42. The van der Waals surface area contributed by atoms with Gasteiger partial charge in [-0.05, 0) is 44.0 Å². The zero-order valence-corrected chi connectivity index (χ0v) is 17.4. The smallest absolute Gasteiger partial charge is 0.325 e. The van der Waals surface area contributed by atoms with Crippen LogP contribution < -0.4 is 5.32 Å². The number of rotatable bonds is 7. The summed E-state index contributed by atoms with van der Waals surface area (Å²) in [5.41, 5.74) is 1.53. The highest BCUT2D eigenvalue weighted by atomic mass is 35.5. The number of nitrogens with one attached hydrogen (secondary N) is 1. The maximum Gasteiger partial charge on any atom is 0.325 e. The fourth-order valence-electron chi connectivity index (χ4n) is 3.29. The van der Waals surface area contributed by atoms with Crippen molar-refractivity contribution in [1.29, 1.82) is 0 Å². The van der Waals surface area contributed by atoms with Crippen LogP contribution in [-0.4, -0.2) is 41.2 Å². The number of aliphatic hydroxyl groups excluding tert-OH is 1. The molecule has 3 amide bonds. The van der Waals surface area contributed by atoms with Crippen LogP contribution in [0.1, 0.15) is 36.6 Å². The predicted octanol–water partition coefficient (Wildman–Crippen LogP) is 3.55. The molecule has 2 aromatic rings. The van der Waals surface area contributed by atoms with Crippen molar-refractivity contribution in [3.63, 3.8) is 0 Å². The summed E-state index contributed by atoms with van der Waals surface area (Å²) in [4.78, 5) is 26.4. The number of ether oxygens (including phenoxy) is 1. The summed E-state index contributed by atoms with van der Waals surface area (Å²) in [5.74, 6) is -0.392. The molecule has 1 heterocycles. The summed E-state index contributed by atoms with van der Waals surface area (Å²) in [6.45, 7) is 5.33. The minimum atomic E-state index is -1.15. The standard InChI is InChI=1S/C22H25ClN2O4/c1-14-4-8-17(9-5-14)22(3)20(27)25(21(28)24-22)12-19(26)13-29-15(2)16-6-10-18(23)11-7-16/h4-11,15,19,26H,12-13H2,1-3H3,(H,24,28)/t15-,19+,22+/m0/s1. The molecule has 1 fully saturated rings. The molecule has 3 atom stereocenters. The number of imide groups is 1. The van der Waals surface area contributed by atoms with E-state index in [-0.39, 0.29) is 19.3 Å². The van der Waals surface area contributed by atoms with Crippen molar-refractivity contribution in [2.24, 2.45) is 0 Å². The van der Waals surface area contributed by atoms with Crippen LogP contribution in [0.2, 0.25) is 5.02 Å². The molecule has 1 aliphatic heterocycles. The largest absolute Gasteiger partial charge is 0.389 e. The van der Waals surface area contributed by atoms with E-state index in [1.54, 1.807) is 19.1 Å². The van der Waals surface area contributed by atoms with Gasteiger partial charge in [0, 0.05) is 5.02 Å². The number of halogens is 1. The van der Waals surface area contributed by atoms with Gasteiger partial charge >= 0.3 is 6.03 Å². The molecule has 7 heteroatoms. The minimum absolute atomic E-state index is 0.0118. The molecule has 0 aromatic heterocycles. The number of benzene rings is 2. The highest BCUT2D eigenvalue weighted by molar-refractivity contribution is 6.30. The van der Waals surface area contributed by atoms with Gasteiger partial charge in [-0.25, -0.2) is 4.79 Å². The van der Waals surface area contributed by atoms with Gasteiger partial charge in [-0.1, -0.05) is 53.6 Å². The lowest BCUT2D eigenvalue weighted by Gasteiger charge is -2.23. The van der Waals surface area contributed by atoms with Crippen LogP contribution >= 0.6 is 11.6 Å². The molecule has 154 valence electrons. The molecule has 1 saturated heterocycles. The second kappa shape index (κ2) is 8.53. The van der Waals surface area contributed by atoms with Crippen molar-refractivity contribution in [2.75, 3.05) is 13.2 Å². The van der Waals surface area contributed by atoms with Crippen molar-refractivity contribution < 1.29 is 19.4 Å². The number of carbonyl (C=O) groups is 2. The van der Waals surface area contributed by atoms with Gasteiger partial charge in [0.25, 0.3) is 5.91 Å². The molecule has 6 nitrogen and oxygen atoms in total. The molecule has 0 bridgehead atoms. The summed E-state index contributed by atoms with van der Waals surface area (Å²) in [6, 6.07) is 14.1. The van der Waals surface area contributed by atoms with Gasteiger partial charge in [0.05, 0.1) is 25.4 Å². The Morgan fingerprint density at radius 3 is 2.38 bits per heavy atom. The Morgan fingerprint density at radius 1 is 1.14 bits per heavy atom. The maximum absolute atomic E-state index is 12.9. The van der Waals surface area contributed by atoms with E-state index in [1.165, 1.54) is 0 Å². The van der Waals surface area contributed by atoms with Crippen molar-refractivity contribution in [3.05, 3.63) is 70.2 Å². The molecule has 3 rings (SSSR count). The molecule has 2 aromatic carbocycles. The number of aliphatic hydroxyl groups is 1. The van der Waals surface area contributed by atoms with Crippen molar-refractivity contribution in [3.8, 4) is 0 Å². The predicted molar refractivity (Wildman–Crippen MR) is 111 cm³/mol. The van der Waals surface area contributed by atoms with Gasteiger partial charge in [-0.2, -0.15) is 0 Å². The number of urea groups is 1. The molecular formula is C22H25ClN2O4. The van der Waals surface area contributed by atoms with Gasteiger partial charge < -0.3 is 15.2 Å². The van der Waals surface area contributed by atoms with Crippen LogP contribution in [0.4, 0.5) is 4.79 Å². The minimum Gasteiger partial charge on any atom is -0.389 e. The first kappa shape index (κ1) is 21.3.